The molecule has 0 bridgehead atoms. The first-order valence-corrected chi connectivity index (χ1v) is 7.80. The number of nitrogens with one attached hydrogen (secondary N) is 1. The highest BCUT2D eigenvalue weighted by Crippen LogP contribution is 2.30. The van der Waals surface area contributed by atoms with Gasteiger partial charge >= 0.3 is 0 Å². The lowest BCUT2D eigenvalue weighted by atomic mass is 9.98. The van der Waals surface area contributed by atoms with Crippen LogP contribution < -0.4 is 10.6 Å². The Kier molecular flexibility index (Phi) is 4.86. The maximum atomic E-state index is 7.79. The summed E-state index contributed by atoms with van der Waals surface area (Å²) in [5, 5.41) is 7.79. The molecule has 1 fully saturated rings. The lowest BCUT2D eigenvalue weighted by Crippen LogP contribution is -2.27. The fourth-order valence-electron chi connectivity index (χ4n) is 2.86. The molecule has 1 aromatic carbocycles. The second-order valence-electron chi connectivity index (χ2n) is 5.24. The largest absolute Gasteiger partial charge is 0.384 e. The molecule has 0 aliphatic carbocycles. The number of hydrogen-bond acceptors (Lipinski definition) is 2. The van der Waals surface area contributed by atoms with Crippen LogP contribution in [0.1, 0.15) is 38.2 Å². The molecule has 1 atom stereocenters. The Morgan fingerprint density at radius 1 is 1.42 bits per heavy atom. The van der Waals surface area contributed by atoms with Crippen LogP contribution in [0.25, 0.3) is 0 Å². The molecule has 0 aromatic heterocycles. The van der Waals surface area contributed by atoms with Gasteiger partial charge in [0.25, 0.3) is 0 Å². The molecule has 1 aromatic rings. The third-order valence-corrected chi connectivity index (χ3v) is 4.69. The maximum Gasteiger partial charge on any atom is 0.126 e. The van der Waals surface area contributed by atoms with Crippen molar-refractivity contribution in [2.45, 2.75) is 32.6 Å². The smallest absolute Gasteiger partial charge is 0.126 e. The normalized spacial score (nSPS) is 20.1. The van der Waals surface area contributed by atoms with Gasteiger partial charge in [-0.1, -0.05) is 19.4 Å². The van der Waals surface area contributed by atoms with Gasteiger partial charge < -0.3 is 10.6 Å². The van der Waals surface area contributed by atoms with Gasteiger partial charge in [0, 0.05) is 23.2 Å². The van der Waals surface area contributed by atoms with E-state index in [9.17, 15) is 0 Å². The van der Waals surface area contributed by atoms with Gasteiger partial charge in [-0.2, -0.15) is 0 Å². The quantitative estimate of drug-likeness (QED) is 0.657. The molecule has 3 nitrogen and oxygen atoms in total. The second-order valence-corrected chi connectivity index (χ2v) is 6.09. The molecule has 1 aliphatic heterocycles. The summed E-state index contributed by atoms with van der Waals surface area (Å²) >= 11 is 3.51. The van der Waals surface area contributed by atoms with Crippen molar-refractivity contribution >= 4 is 27.5 Å². The minimum atomic E-state index is 0.138. The standard InChI is InChI=1S/C15H22BrN3/c1-2-11-5-4-9-19(10-8-11)13-7-3-6-12(16)14(13)15(17)18/h3,6-7,11H,2,4-5,8-10H2,1H3,(H3,17,18). The van der Waals surface area contributed by atoms with E-state index in [2.05, 4.69) is 33.8 Å². The van der Waals surface area contributed by atoms with Crippen molar-refractivity contribution in [3.63, 3.8) is 0 Å². The van der Waals surface area contributed by atoms with E-state index in [1.807, 2.05) is 12.1 Å². The molecule has 104 valence electrons. The van der Waals surface area contributed by atoms with E-state index in [-0.39, 0.29) is 5.84 Å². The van der Waals surface area contributed by atoms with E-state index in [0.717, 1.165) is 34.7 Å². The Morgan fingerprint density at radius 2 is 2.21 bits per heavy atom. The van der Waals surface area contributed by atoms with Crippen LogP contribution in [0.4, 0.5) is 5.69 Å². The second kappa shape index (κ2) is 6.42. The topological polar surface area (TPSA) is 53.1 Å². The van der Waals surface area contributed by atoms with Crippen molar-refractivity contribution < 1.29 is 0 Å². The summed E-state index contributed by atoms with van der Waals surface area (Å²) in [5.74, 6) is 0.983. The fraction of sp³-hybridized carbons (Fsp3) is 0.533. The van der Waals surface area contributed by atoms with Crippen molar-refractivity contribution in [3.8, 4) is 0 Å². The predicted octanol–water partition coefficient (Wildman–Crippen LogP) is 3.75. The summed E-state index contributed by atoms with van der Waals surface area (Å²) in [6.07, 6.45) is 5.05. The van der Waals surface area contributed by atoms with Crippen LogP contribution in [-0.2, 0) is 0 Å². The number of hydrogen-bond donors (Lipinski definition) is 2. The molecule has 4 heteroatoms. The highest BCUT2D eigenvalue weighted by atomic mass is 79.9. The van der Waals surface area contributed by atoms with Crippen molar-refractivity contribution in [2.75, 3.05) is 18.0 Å². The van der Waals surface area contributed by atoms with Gasteiger partial charge in [-0.3, -0.25) is 5.41 Å². The SMILES string of the molecule is CCC1CCCN(c2cccc(Br)c2C(=N)N)CC1. The van der Waals surface area contributed by atoms with E-state index in [4.69, 9.17) is 11.1 Å². The third-order valence-electron chi connectivity index (χ3n) is 4.03. The Balaban J connectivity index is 2.26. The first-order valence-electron chi connectivity index (χ1n) is 7.01. The Labute approximate surface area is 123 Å². The highest BCUT2D eigenvalue weighted by Gasteiger charge is 2.19. The summed E-state index contributed by atoms with van der Waals surface area (Å²) in [6.45, 7) is 4.41. The number of nitrogens with zero attached hydrogens (tertiary/aromatic N) is 1. The lowest BCUT2D eigenvalue weighted by molar-refractivity contribution is 0.459. The number of nitrogens with two attached hydrogens (primary N) is 1. The summed E-state index contributed by atoms with van der Waals surface area (Å²) in [4.78, 5) is 2.39. The van der Waals surface area contributed by atoms with Gasteiger partial charge in [-0.25, -0.2) is 0 Å². The zero-order valence-corrected chi connectivity index (χ0v) is 13.0. The average Bonchev–Trinajstić information content (AvgIpc) is 2.63. The van der Waals surface area contributed by atoms with E-state index < -0.39 is 0 Å². The van der Waals surface area contributed by atoms with Gasteiger partial charge in [0.05, 0.1) is 5.56 Å². The zero-order valence-electron chi connectivity index (χ0n) is 11.5. The Hall–Kier alpha value is -1.03. The molecular weight excluding hydrogens is 302 g/mol. The molecule has 3 N–H and O–H groups in total. The monoisotopic (exact) mass is 323 g/mol. The van der Waals surface area contributed by atoms with Crippen molar-refractivity contribution in [1.29, 1.82) is 5.41 Å². The molecule has 0 radical (unpaired) electrons. The predicted molar refractivity (Wildman–Crippen MR) is 85.0 cm³/mol. The first kappa shape index (κ1) is 14.4. The van der Waals surface area contributed by atoms with E-state index in [1.54, 1.807) is 0 Å². The van der Waals surface area contributed by atoms with E-state index >= 15 is 0 Å². The average molecular weight is 324 g/mol. The number of halogens is 1. The molecule has 1 saturated heterocycles. The van der Waals surface area contributed by atoms with E-state index in [1.165, 1.54) is 25.7 Å². The third kappa shape index (κ3) is 3.30. The van der Waals surface area contributed by atoms with Crippen LogP contribution >= 0.6 is 15.9 Å². The highest BCUT2D eigenvalue weighted by molar-refractivity contribution is 9.10. The number of rotatable bonds is 3. The number of nitrogen functional groups attached to an aromatic ring is 1. The minimum Gasteiger partial charge on any atom is -0.384 e. The Morgan fingerprint density at radius 3 is 2.89 bits per heavy atom. The minimum absolute atomic E-state index is 0.138. The molecule has 2 rings (SSSR count). The van der Waals surface area contributed by atoms with Gasteiger partial charge in [0.2, 0.25) is 0 Å². The van der Waals surface area contributed by atoms with Gasteiger partial charge in [-0.05, 0) is 53.2 Å². The van der Waals surface area contributed by atoms with Crippen LogP contribution in [0, 0.1) is 11.3 Å². The van der Waals surface area contributed by atoms with Crippen molar-refractivity contribution in [2.24, 2.45) is 11.7 Å². The maximum absolute atomic E-state index is 7.79. The van der Waals surface area contributed by atoms with Crippen molar-refractivity contribution in [3.05, 3.63) is 28.2 Å². The summed E-state index contributed by atoms with van der Waals surface area (Å²) in [6, 6.07) is 6.05. The number of benzene rings is 1. The molecule has 1 heterocycles. The first-order chi connectivity index (χ1) is 9.13. The van der Waals surface area contributed by atoms with Crippen molar-refractivity contribution in [1.82, 2.24) is 0 Å². The summed E-state index contributed by atoms with van der Waals surface area (Å²) in [5.41, 5.74) is 7.67. The van der Waals surface area contributed by atoms with E-state index in [0.29, 0.717) is 0 Å². The molecule has 0 amide bonds. The lowest BCUT2D eigenvalue weighted by Gasteiger charge is -2.26. The molecule has 19 heavy (non-hydrogen) atoms. The van der Waals surface area contributed by atoms with Crippen LogP contribution in [0.3, 0.4) is 0 Å². The fourth-order valence-corrected chi connectivity index (χ4v) is 3.43. The number of amidine groups is 1. The zero-order chi connectivity index (χ0) is 13.8. The van der Waals surface area contributed by atoms with Gasteiger partial charge in [-0.15, -0.1) is 0 Å². The van der Waals surface area contributed by atoms with Crippen LogP contribution in [-0.4, -0.2) is 18.9 Å². The molecule has 0 saturated carbocycles. The molecule has 1 aliphatic rings. The van der Waals surface area contributed by atoms with Gasteiger partial charge in [0.1, 0.15) is 5.84 Å². The molecule has 1 unspecified atom stereocenters. The van der Waals surface area contributed by atoms with Crippen LogP contribution in [0.2, 0.25) is 0 Å². The summed E-state index contributed by atoms with van der Waals surface area (Å²) < 4.78 is 0.911. The summed E-state index contributed by atoms with van der Waals surface area (Å²) in [7, 11) is 0. The van der Waals surface area contributed by atoms with Gasteiger partial charge in [0.15, 0.2) is 0 Å². The molecule has 0 spiro atoms. The number of anilines is 1. The Bertz CT molecular complexity index is 459. The van der Waals surface area contributed by atoms with Crippen LogP contribution in [0.5, 0.6) is 0 Å². The molecular formula is C15H22BrN3. The van der Waals surface area contributed by atoms with Crippen LogP contribution in [0.15, 0.2) is 22.7 Å².